The highest BCUT2D eigenvalue weighted by Gasteiger charge is 2.30. The molecule has 1 amide bonds. The highest BCUT2D eigenvalue weighted by molar-refractivity contribution is 7.89. The summed E-state index contributed by atoms with van der Waals surface area (Å²) in [6.45, 7) is 2.17. The molecule has 0 saturated carbocycles. The van der Waals surface area contributed by atoms with Crippen molar-refractivity contribution >= 4 is 15.9 Å². The average Bonchev–Trinajstić information content (AvgIpc) is 2.63. The number of sulfonamides is 1. The lowest BCUT2D eigenvalue weighted by atomic mass is 10.1. The number of carbonyl (C=O) groups excluding carboxylic acids is 1. The van der Waals surface area contributed by atoms with Gasteiger partial charge in [0.05, 0.1) is 4.90 Å². The van der Waals surface area contributed by atoms with Crippen molar-refractivity contribution in [2.45, 2.75) is 11.8 Å². The van der Waals surface area contributed by atoms with Crippen molar-refractivity contribution in [3.63, 3.8) is 0 Å². The van der Waals surface area contributed by atoms with E-state index in [1.165, 1.54) is 39.5 Å². The summed E-state index contributed by atoms with van der Waals surface area (Å²) in [5.74, 6) is -1.42. The molecule has 1 fully saturated rings. The summed E-state index contributed by atoms with van der Waals surface area (Å²) in [5.41, 5.74) is 0.682. The van der Waals surface area contributed by atoms with Crippen LogP contribution < -0.4 is 0 Å². The van der Waals surface area contributed by atoms with Crippen molar-refractivity contribution in [1.82, 2.24) is 9.21 Å². The molecule has 0 spiro atoms. The maximum Gasteiger partial charge on any atom is 0.254 e. The maximum absolute atomic E-state index is 13.7. The lowest BCUT2D eigenvalue weighted by Crippen LogP contribution is -2.50. The van der Waals surface area contributed by atoms with Crippen LogP contribution in [0.5, 0.6) is 0 Å². The van der Waals surface area contributed by atoms with Crippen molar-refractivity contribution < 1.29 is 22.0 Å². The van der Waals surface area contributed by atoms with Gasteiger partial charge < -0.3 is 4.90 Å². The second-order valence-corrected chi connectivity index (χ2v) is 8.06. The zero-order chi connectivity index (χ0) is 18.9. The third kappa shape index (κ3) is 3.61. The number of carbonyl (C=O) groups is 1. The second-order valence-electron chi connectivity index (χ2n) is 6.12. The van der Waals surface area contributed by atoms with Gasteiger partial charge in [-0.05, 0) is 42.8 Å². The van der Waals surface area contributed by atoms with Crippen LogP contribution in [0.4, 0.5) is 8.78 Å². The molecule has 0 atom stereocenters. The first kappa shape index (κ1) is 18.5. The number of hydrogen-bond donors (Lipinski definition) is 0. The highest BCUT2D eigenvalue weighted by Crippen LogP contribution is 2.19. The molecule has 0 radical (unpaired) electrons. The molecule has 26 heavy (non-hydrogen) atoms. The number of benzene rings is 2. The van der Waals surface area contributed by atoms with Crippen molar-refractivity contribution in [3.05, 3.63) is 65.2 Å². The van der Waals surface area contributed by atoms with Crippen LogP contribution in [0, 0.1) is 18.6 Å². The molecule has 2 aromatic rings. The number of nitrogens with zero attached hydrogens (tertiary/aromatic N) is 2. The van der Waals surface area contributed by atoms with Gasteiger partial charge in [-0.2, -0.15) is 4.31 Å². The molecule has 0 aliphatic carbocycles. The molecule has 2 aromatic carbocycles. The Morgan fingerprint density at radius 1 is 1.00 bits per heavy atom. The van der Waals surface area contributed by atoms with Gasteiger partial charge in [0.15, 0.2) is 0 Å². The van der Waals surface area contributed by atoms with Gasteiger partial charge >= 0.3 is 0 Å². The van der Waals surface area contributed by atoms with Crippen LogP contribution >= 0.6 is 0 Å². The quantitative estimate of drug-likeness (QED) is 0.822. The molecule has 8 heteroatoms. The van der Waals surface area contributed by atoms with Crippen LogP contribution in [-0.4, -0.2) is 49.7 Å². The molecule has 1 aliphatic rings. The highest BCUT2D eigenvalue weighted by atomic mass is 32.2. The molecular formula is C18H18F2N2O3S. The predicted molar refractivity (Wildman–Crippen MR) is 92.2 cm³/mol. The minimum absolute atomic E-state index is 0.0962. The Hall–Kier alpha value is -2.32. The third-order valence-corrected chi connectivity index (χ3v) is 6.27. The average molecular weight is 380 g/mol. The maximum atomic E-state index is 13.7. The molecule has 1 aliphatic heterocycles. The molecule has 3 rings (SSSR count). The number of rotatable bonds is 3. The van der Waals surface area contributed by atoms with E-state index in [-0.39, 0.29) is 42.5 Å². The molecular weight excluding hydrogens is 362 g/mol. The summed E-state index contributed by atoms with van der Waals surface area (Å²) >= 11 is 0. The lowest BCUT2D eigenvalue weighted by Gasteiger charge is -2.34. The number of amides is 1. The summed E-state index contributed by atoms with van der Waals surface area (Å²) in [6, 6.07) is 9.11. The Morgan fingerprint density at radius 3 is 2.31 bits per heavy atom. The molecule has 0 aromatic heterocycles. The number of piperazine rings is 1. The van der Waals surface area contributed by atoms with Gasteiger partial charge in [0.2, 0.25) is 10.0 Å². The Kier molecular flexibility index (Phi) is 5.06. The van der Waals surface area contributed by atoms with Crippen LogP contribution in [0.3, 0.4) is 0 Å². The van der Waals surface area contributed by atoms with Gasteiger partial charge in [0.25, 0.3) is 5.91 Å². The zero-order valence-corrected chi connectivity index (χ0v) is 15.0. The molecule has 138 valence electrons. The van der Waals surface area contributed by atoms with E-state index in [1.807, 2.05) is 0 Å². The van der Waals surface area contributed by atoms with Crippen molar-refractivity contribution in [2.75, 3.05) is 26.2 Å². The van der Waals surface area contributed by atoms with E-state index in [0.717, 1.165) is 6.07 Å². The van der Waals surface area contributed by atoms with E-state index in [1.54, 1.807) is 13.0 Å². The van der Waals surface area contributed by atoms with E-state index in [9.17, 15) is 22.0 Å². The lowest BCUT2D eigenvalue weighted by molar-refractivity contribution is 0.0697. The summed E-state index contributed by atoms with van der Waals surface area (Å²) < 4.78 is 53.3. The monoisotopic (exact) mass is 380 g/mol. The van der Waals surface area contributed by atoms with Gasteiger partial charge in [-0.15, -0.1) is 0 Å². The largest absolute Gasteiger partial charge is 0.336 e. The standard InChI is InChI=1S/C18H18F2N2O3S/c1-13-5-6-14(11-17(13)20)18(23)21-7-9-22(10-8-21)26(24,25)16-4-2-3-15(19)12-16/h2-6,11-12H,7-10H2,1H3. The number of hydrogen-bond acceptors (Lipinski definition) is 3. The van der Waals surface area contributed by atoms with Gasteiger partial charge in [0, 0.05) is 31.7 Å². The van der Waals surface area contributed by atoms with E-state index in [2.05, 4.69) is 0 Å². The summed E-state index contributed by atoms with van der Waals surface area (Å²) in [5, 5.41) is 0. The molecule has 0 N–H and O–H groups in total. The molecule has 1 saturated heterocycles. The van der Waals surface area contributed by atoms with E-state index >= 15 is 0 Å². The smallest absolute Gasteiger partial charge is 0.254 e. The Balaban J connectivity index is 1.70. The Bertz CT molecular complexity index is 939. The molecule has 0 unspecified atom stereocenters. The molecule has 1 heterocycles. The van der Waals surface area contributed by atoms with E-state index in [0.29, 0.717) is 5.56 Å². The zero-order valence-electron chi connectivity index (χ0n) is 14.2. The van der Waals surface area contributed by atoms with Crippen LogP contribution in [0.1, 0.15) is 15.9 Å². The topological polar surface area (TPSA) is 57.7 Å². The van der Waals surface area contributed by atoms with Crippen molar-refractivity contribution in [1.29, 1.82) is 0 Å². The summed E-state index contributed by atoms with van der Waals surface area (Å²) in [6.07, 6.45) is 0. The van der Waals surface area contributed by atoms with Crippen molar-refractivity contribution in [3.8, 4) is 0 Å². The summed E-state index contributed by atoms with van der Waals surface area (Å²) in [4.78, 5) is 13.9. The Morgan fingerprint density at radius 2 is 1.69 bits per heavy atom. The van der Waals surface area contributed by atoms with E-state index in [4.69, 9.17) is 0 Å². The van der Waals surface area contributed by atoms with Gasteiger partial charge in [0.1, 0.15) is 11.6 Å². The predicted octanol–water partition coefficient (Wildman–Crippen LogP) is 2.42. The normalized spacial score (nSPS) is 15.9. The van der Waals surface area contributed by atoms with Crippen LogP contribution in [0.15, 0.2) is 47.4 Å². The van der Waals surface area contributed by atoms with Gasteiger partial charge in [-0.25, -0.2) is 17.2 Å². The number of halogens is 2. The summed E-state index contributed by atoms with van der Waals surface area (Å²) in [7, 11) is -3.82. The fourth-order valence-corrected chi connectivity index (χ4v) is 4.27. The minimum atomic E-state index is -3.82. The minimum Gasteiger partial charge on any atom is -0.336 e. The molecule has 5 nitrogen and oxygen atoms in total. The van der Waals surface area contributed by atoms with Crippen LogP contribution in [0.2, 0.25) is 0 Å². The van der Waals surface area contributed by atoms with Crippen molar-refractivity contribution in [2.24, 2.45) is 0 Å². The second kappa shape index (κ2) is 7.13. The number of aryl methyl sites for hydroxylation is 1. The first-order valence-corrected chi connectivity index (χ1v) is 9.54. The first-order chi connectivity index (χ1) is 12.3. The SMILES string of the molecule is Cc1ccc(C(=O)N2CCN(S(=O)(=O)c3cccc(F)c3)CC2)cc1F. The van der Waals surface area contributed by atoms with Gasteiger partial charge in [-0.1, -0.05) is 12.1 Å². The van der Waals surface area contributed by atoms with Gasteiger partial charge in [-0.3, -0.25) is 4.79 Å². The first-order valence-electron chi connectivity index (χ1n) is 8.10. The molecule has 0 bridgehead atoms. The van der Waals surface area contributed by atoms with Crippen LogP contribution in [-0.2, 0) is 10.0 Å². The third-order valence-electron chi connectivity index (χ3n) is 4.38. The fourth-order valence-electron chi connectivity index (χ4n) is 2.82. The van der Waals surface area contributed by atoms with E-state index < -0.39 is 21.7 Å². The Labute approximate surface area is 150 Å². The van der Waals surface area contributed by atoms with Crippen LogP contribution in [0.25, 0.3) is 0 Å². The fraction of sp³-hybridized carbons (Fsp3) is 0.278.